The zero-order valence-corrected chi connectivity index (χ0v) is 10.7. The number of hydrogen-bond acceptors (Lipinski definition) is 3. The Balaban J connectivity index is 3.89. The van der Waals surface area contributed by atoms with E-state index in [0.29, 0.717) is 18.4 Å². The van der Waals surface area contributed by atoms with Crippen molar-refractivity contribution >= 4 is 0 Å². The molecule has 0 aromatic rings. The van der Waals surface area contributed by atoms with E-state index in [9.17, 15) is 5.11 Å². The fraction of sp³-hybridized carbons (Fsp3) is 1.00. The second-order valence-corrected chi connectivity index (χ2v) is 5.23. The summed E-state index contributed by atoms with van der Waals surface area (Å²) in [4.78, 5) is 2.42. The Kier molecular flexibility index (Phi) is 8.02. The molecule has 0 saturated carbocycles. The number of rotatable bonds is 8. The number of nitrogens with zero attached hydrogens (tertiary/aromatic N) is 1. The highest BCUT2D eigenvalue weighted by atomic mass is 16.3. The minimum absolute atomic E-state index is 0.341. The van der Waals surface area contributed by atoms with E-state index >= 15 is 0 Å². The Hall–Kier alpha value is -0.120. The van der Waals surface area contributed by atoms with E-state index < -0.39 is 0 Å². The van der Waals surface area contributed by atoms with Crippen molar-refractivity contribution in [1.82, 2.24) is 4.90 Å². The zero-order valence-electron chi connectivity index (χ0n) is 10.7. The lowest BCUT2D eigenvalue weighted by Gasteiger charge is -2.26. The molecule has 0 aliphatic rings. The third kappa shape index (κ3) is 8.85. The fourth-order valence-corrected chi connectivity index (χ4v) is 1.74. The van der Waals surface area contributed by atoms with Crippen LogP contribution in [0.25, 0.3) is 0 Å². The van der Waals surface area contributed by atoms with E-state index in [-0.39, 0.29) is 6.10 Å². The summed E-state index contributed by atoms with van der Waals surface area (Å²) in [6.07, 6.45) is 0.447. The molecule has 3 N–H and O–H groups in total. The third-order valence-corrected chi connectivity index (χ3v) is 2.30. The minimum atomic E-state index is -0.341. The van der Waals surface area contributed by atoms with Gasteiger partial charge in [-0.25, -0.2) is 0 Å². The maximum atomic E-state index is 9.42. The van der Waals surface area contributed by atoms with E-state index in [1.54, 1.807) is 0 Å². The maximum absolute atomic E-state index is 9.42. The molecule has 3 heteroatoms. The lowest BCUT2D eigenvalue weighted by molar-refractivity contribution is 0.136. The van der Waals surface area contributed by atoms with Crippen molar-refractivity contribution in [2.24, 2.45) is 17.6 Å². The first-order valence-electron chi connectivity index (χ1n) is 6.06. The van der Waals surface area contributed by atoms with Crippen molar-refractivity contribution in [1.29, 1.82) is 0 Å². The molecule has 0 aromatic heterocycles. The van der Waals surface area contributed by atoms with Crippen LogP contribution in [0.1, 0.15) is 34.1 Å². The van der Waals surface area contributed by atoms with Crippen molar-refractivity contribution in [2.75, 3.05) is 26.2 Å². The first kappa shape index (κ1) is 14.9. The Bertz CT molecular complexity index is 139. The summed E-state index contributed by atoms with van der Waals surface area (Å²) < 4.78 is 0. The largest absolute Gasteiger partial charge is 0.392 e. The number of hydrogen-bond donors (Lipinski definition) is 2. The molecule has 0 amide bonds. The second kappa shape index (κ2) is 8.08. The topological polar surface area (TPSA) is 49.5 Å². The lowest BCUT2D eigenvalue weighted by atomic mass is 10.1. The van der Waals surface area contributed by atoms with Gasteiger partial charge in [0.05, 0.1) is 6.10 Å². The predicted octanol–water partition coefficient (Wildman–Crippen LogP) is 1.31. The van der Waals surface area contributed by atoms with Crippen LogP contribution in [0.3, 0.4) is 0 Å². The number of nitrogens with two attached hydrogens (primary N) is 1. The van der Waals surface area contributed by atoms with Crippen molar-refractivity contribution in [3.05, 3.63) is 0 Å². The Labute approximate surface area is 94.6 Å². The van der Waals surface area contributed by atoms with Crippen LogP contribution < -0.4 is 5.73 Å². The van der Waals surface area contributed by atoms with Gasteiger partial charge >= 0.3 is 0 Å². The highest BCUT2D eigenvalue weighted by Gasteiger charge is 2.11. The average molecular weight is 216 g/mol. The third-order valence-electron chi connectivity index (χ3n) is 2.30. The summed E-state index contributed by atoms with van der Waals surface area (Å²) in [5.41, 5.74) is 5.39. The van der Waals surface area contributed by atoms with Gasteiger partial charge in [0, 0.05) is 26.2 Å². The SMILES string of the molecule is CC(C)CN(CCC(O)CN)CC(C)C. The molecule has 0 aromatic carbocycles. The smallest absolute Gasteiger partial charge is 0.0674 e. The van der Waals surface area contributed by atoms with Crippen molar-refractivity contribution in [3.8, 4) is 0 Å². The molecule has 0 aliphatic carbocycles. The molecule has 0 aliphatic heterocycles. The van der Waals surface area contributed by atoms with Gasteiger partial charge in [-0.2, -0.15) is 0 Å². The molecule has 0 saturated heterocycles. The molecule has 0 bridgehead atoms. The minimum Gasteiger partial charge on any atom is -0.392 e. The Morgan fingerprint density at radius 1 is 1.07 bits per heavy atom. The molecular weight excluding hydrogens is 188 g/mol. The van der Waals surface area contributed by atoms with E-state index in [1.807, 2.05) is 0 Å². The zero-order chi connectivity index (χ0) is 11.8. The predicted molar refractivity (Wildman–Crippen MR) is 65.8 cm³/mol. The number of aliphatic hydroxyl groups is 1. The van der Waals surface area contributed by atoms with Gasteiger partial charge in [-0.1, -0.05) is 27.7 Å². The van der Waals surface area contributed by atoms with Gasteiger partial charge in [-0.15, -0.1) is 0 Å². The molecule has 3 nitrogen and oxygen atoms in total. The van der Waals surface area contributed by atoms with Gasteiger partial charge in [0.15, 0.2) is 0 Å². The van der Waals surface area contributed by atoms with Crippen LogP contribution in [0, 0.1) is 11.8 Å². The van der Waals surface area contributed by atoms with Gasteiger partial charge < -0.3 is 15.7 Å². The normalized spacial score (nSPS) is 14.2. The average Bonchev–Trinajstić information content (AvgIpc) is 2.11. The van der Waals surface area contributed by atoms with Crippen LogP contribution in [-0.2, 0) is 0 Å². The first-order valence-corrected chi connectivity index (χ1v) is 6.06. The van der Waals surface area contributed by atoms with Crippen LogP contribution in [-0.4, -0.2) is 42.3 Å². The van der Waals surface area contributed by atoms with Crippen molar-refractivity contribution in [3.63, 3.8) is 0 Å². The van der Waals surface area contributed by atoms with E-state index in [2.05, 4.69) is 32.6 Å². The van der Waals surface area contributed by atoms with Gasteiger partial charge in [0.25, 0.3) is 0 Å². The van der Waals surface area contributed by atoms with Crippen LogP contribution >= 0.6 is 0 Å². The summed E-state index contributed by atoms with van der Waals surface area (Å²) in [5, 5.41) is 9.42. The molecule has 0 radical (unpaired) electrons. The number of aliphatic hydroxyl groups excluding tert-OH is 1. The monoisotopic (exact) mass is 216 g/mol. The Morgan fingerprint density at radius 2 is 1.53 bits per heavy atom. The quantitative estimate of drug-likeness (QED) is 0.643. The van der Waals surface area contributed by atoms with Crippen LogP contribution in [0.15, 0.2) is 0 Å². The molecule has 1 unspecified atom stereocenters. The van der Waals surface area contributed by atoms with Crippen LogP contribution in [0.5, 0.6) is 0 Å². The molecular formula is C12H28N2O. The maximum Gasteiger partial charge on any atom is 0.0674 e. The Morgan fingerprint density at radius 3 is 1.87 bits per heavy atom. The highest BCUT2D eigenvalue weighted by molar-refractivity contribution is 4.65. The van der Waals surface area contributed by atoms with E-state index in [1.165, 1.54) is 0 Å². The van der Waals surface area contributed by atoms with Crippen molar-refractivity contribution < 1.29 is 5.11 Å². The van der Waals surface area contributed by atoms with Crippen LogP contribution in [0.4, 0.5) is 0 Å². The second-order valence-electron chi connectivity index (χ2n) is 5.23. The van der Waals surface area contributed by atoms with E-state index in [0.717, 1.165) is 26.1 Å². The summed E-state index contributed by atoms with van der Waals surface area (Å²) >= 11 is 0. The molecule has 1 atom stereocenters. The molecule has 0 rings (SSSR count). The molecule has 15 heavy (non-hydrogen) atoms. The van der Waals surface area contributed by atoms with Gasteiger partial charge in [0.2, 0.25) is 0 Å². The highest BCUT2D eigenvalue weighted by Crippen LogP contribution is 2.05. The van der Waals surface area contributed by atoms with E-state index in [4.69, 9.17) is 5.73 Å². The molecule has 0 fully saturated rings. The summed E-state index contributed by atoms with van der Waals surface area (Å²) in [6, 6.07) is 0. The fourth-order valence-electron chi connectivity index (χ4n) is 1.74. The van der Waals surface area contributed by atoms with Crippen molar-refractivity contribution in [2.45, 2.75) is 40.2 Å². The van der Waals surface area contributed by atoms with Crippen LogP contribution in [0.2, 0.25) is 0 Å². The molecule has 0 heterocycles. The van der Waals surface area contributed by atoms with Gasteiger partial charge in [0.1, 0.15) is 0 Å². The molecule has 0 spiro atoms. The standard InChI is InChI=1S/C12H28N2O/c1-10(2)8-14(9-11(3)4)6-5-12(15)7-13/h10-12,15H,5-9,13H2,1-4H3. The van der Waals surface area contributed by atoms with Gasteiger partial charge in [-0.05, 0) is 18.3 Å². The summed E-state index contributed by atoms with van der Waals surface area (Å²) in [6.45, 7) is 12.5. The summed E-state index contributed by atoms with van der Waals surface area (Å²) in [5.74, 6) is 1.36. The lowest BCUT2D eigenvalue weighted by Crippen LogP contribution is -2.35. The summed E-state index contributed by atoms with van der Waals surface area (Å²) in [7, 11) is 0. The van der Waals surface area contributed by atoms with Gasteiger partial charge in [-0.3, -0.25) is 0 Å². The first-order chi connectivity index (χ1) is 6.95. The molecule has 92 valence electrons.